The Balaban J connectivity index is 1.82. The zero-order valence-corrected chi connectivity index (χ0v) is 13.5. The molecule has 0 saturated heterocycles. The normalized spacial score (nSPS) is 10.1. The van der Waals surface area contributed by atoms with E-state index in [-0.39, 0.29) is 22.8 Å². The zero-order valence-electron chi connectivity index (χ0n) is 13.5. The van der Waals surface area contributed by atoms with E-state index in [1.165, 1.54) is 12.1 Å². The molecule has 1 heterocycles. The van der Waals surface area contributed by atoms with Crippen molar-refractivity contribution >= 4 is 23.1 Å². The van der Waals surface area contributed by atoms with Crippen LogP contribution in [-0.4, -0.2) is 15.9 Å². The Hall–Kier alpha value is -3.93. The number of rotatable bonds is 4. The van der Waals surface area contributed by atoms with Crippen molar-refractivity contribution in [2.45, 2.75) is 0 Å². The summed E-state index contributed by atoms with van der Waals surface area (Å²) in [5.41, 5.74) is 0.129. The summed E-state index contributed by atoms with van der Waals surface area (Å²) in [6, 6.07) is 11.3. The van der Waals surface area contributed by atoms with Crippen LogP contribution in [0.5, 0.6) is 0 Å². The van der Waals surface area contributed by atoms with Gasteiger partial charge in [0.1, 0.15) is 23.9 Å². The number of anilines is 3. The molecular weight excluding hydrogens is 359 g/mol. The maximum Gasteiger partial charge on any atom is 0.274 e. The molecule has 134 valence electrons. The number of nitriles is 1. The van der Waals surface area contributed by atoms with Crippen molar-refractivity contribution in [2.24, 2.45) is 0 Å². The summed E-state index contributed by atoms with van der Waals surface area (Å²) in [7, 11) is 0. The molecule has 0 aliphatic heterocycles. The summed E-state index contributed by atoms with van der Waals surface area (Å²) in [4.78, 5) is 20.0. The van der Waals surface area contributed by atoms with E-state index in [1.807, 2.05) is 6.07 Å². The van der Waals surface area contributed by atoms with Crippen LogP contribution >= 0.6 is 0 Å². The Kier molecular flexibility index (Phi) is 4.99. The standard InChI is InChI=1S/C18H10F3N5O/c19-11-5-6-13(17(21)16(11)20)25-15-7-14(23-9-24-15)18(27)26-12-4-2-1-3-10(12)8-22/h1-7,9H,(H,26,27)(H,23,24,25). The molecule has 0 aliphatic carbocycles. The molecule has 0 bridgehead atoms. The molecule has 9 heteroatoms. The number of aromatic nitrogens is 2. The van der Waals surface area contributed by atoms with E-state index in [4.69, 9.17) is 5.26 Å². The van der Waals surface area contributed by atoms with Crippen molar-refractivity contribution < 1.29 is 18.0 Å². The predicted octanol–water partition coefficient (Wildman–Crippen LogP) is 3.76. The first-order valence-electron chi connectivity index (χ1n) is 7.52. The van der Waals surface area contributed by atoms with Gasteiger partial charge in [-0.1, -0.05) is 12.1 Å². The van der Waals surface area contributed by atoms with E-state index < -0.39 is 23.4 Å². The van der Waals surface area contributed by atoms with Crippen LogP contribution in [0.4, 0.5) is 30.4 Å². The van der Waals surface area contributed by atoms with Crippen molar-refractivity contribution in [3.63, 3.8) is 0 Å². The van der Waals surface area contributed by atoms with Crippen LogP contribution in [0.2, 0.25) is 0 Å². The molecule has 27 heavy (non-hydrogen) atoms. The lowest BCUT2D eigenvalue weighted by Gasteiger charge is -2.09. The lowest BCUT2D eigenvalue weighted by atomic mass is 10.2. The molecule has 1 amide bonds. The summed E-state index contributed by atoms with van der Waals surface area (Å²) < 4.78 is 40.0. The summed E-state index contributed by atoms with van der Waals surface area (Å²) in [6.45, 7) is 0. The van der Waals surface area contributed by atoms with E-state index in [2.05, 4.69) is 20.6 Å². The van der Waals surface area contributed by atoms with E-state index >= 15 is 0 Å². The number of carbonyl (C=O) groups is 1. The van der Waals surface area contributed by atoms with Crippen LogP contribution in [0.3, 0.4) is 0 Å². The molecule has 2 N–H and O–H groups in total. The molecule has 0 aliphatic rings. The highest BCUT2D eigenvalue weighted by molar-refractivity contribution is 6.03. The second kappa shape index (κ2) is 7.53. The molecule has 0 saturated carbocycles. The van der Waals surface area contributed by atoms with Crippen LogP contribution < -0.4 is 10.6 Å². The first-order chi connectivity index (χ1) is 13.0. The fraction of sp³-hybridized carbons (Fsp3) is 0. The smallest absolute Gasteiger partial charge is 0.274 e. The van der Waals surface area contributed by atoms with Gasteiger partial charge in [-0.2, -0.15) is 5.26 Å². The minimum absolute atomic E-state index is 0.00590. The fourth-order valence-corrected chi connectivity index (χ4v) is 2.19. The van der Waals surface area contributed by atoms with Crippen LogP contribution in [0.1, 0.15) is 16.1 Å². The first-order valence-corrected chi connectivity index (χ1v) is 7.52. The van der Waals surface area contributed by atoms with Gasteiger partial charge in [0.15, 0.2) is 17.5 Å². The SMILES string of the molecule is N#Cc1ccccc1NC(=O)c1cc(Nc2ccc(F)c(F)c2F)ncn1. The van der Waals surface area contributed by atoms with Gasteiger partial charge in [0.05, 0.1) is 16.9 Å². The Morgan fingerprint density at radius 1 is 1.00 bits per heavy atom. The van der Waals surface area contributed by atoms with Crippen molar-refractivity contribution in [2.75, 3.05) is 10.6 Å². The summed E-state index contributed by atoms with van der Waals surface area (Å²) in [5.74, 6) is -5.00. The topological polar surface area (TPSA) is 90.7 Å². The summed E-state index contributed by atoms with van der Waals surface area (Å²) in [6.07, 6.45) is 1.05. The van der Waals surface area contributed by atoms with Gasteiger partial charge in [-0.25, -0.2) is 23.1 Å². The van der Waals surface area contributed by atoms with E-state index in [9.17, 15) is 18.0 Å². The minimum atomic E-state index is -1.62. The molecule has 1 aromatic heterocycles. The van der Waals surface area contributed by atoms with Gasteiger partial charge in [0, 0.05) is 6.07 Å². The second-order valence-corrected chi connectivity index (χ2v) is 5.25. The number of halogens is 3. The number of nitrogens with one attached hydrogen (secondary N) is 2. The molecule has 0 atom stereocenters. The molecule has 6 nitrogen and oxygen atoms in total. The van der Waals surface area contributed by atoms with Crippen molar-refractivity contribution in [3.8, 4) is 6.07 Å². The van der Waals surface area contributed by atoms with Gasteiger partial charge in [0.2, 0.25) is 0 Å². The molecular formula is C18H10F3N5O. The van der Waals surface area contributed by atoms with Crippen molar-refractivity contribution in [1.29, 1.82) is 5.26 Å². The molecule has 3 rings (SSSR count). The number of benzene rings is 2. The van der Waals surface area contributed by atoms with Gasteiger partial charge < -0.3 is 10.6 Å². The zero-order chi connectivity index (χ0) is 19.4. The predicted molar refractivity (Wildman–Crippen MR) is 90.7 cm³/mol. The van der Waals surface area contributed by atoms with Gasteiger partial charge in [-0.3, -0.25) is 4.79 Å². The van der Waals surface area contributed by atoms with Crippen LogP contribution in [-0.2, 0) is 0 Å². The average Bonchev–Trinajstić information content (AvgIpc) is 2.69. The lowest BCUT2D eigenvalue weighted by Crippen LogP contribution is -2.15. The molecule has 0 spiro atoms. The number of hydrogen-bond acceptors (Lipinski definition) is 5. The lowest BCUT2D eigenvalue weighted by molar-refractivity contribution is 0.102. The number of hydrogen-bond donors (Lipinski definition) is 2. The highest BCUT2D eigenvalue weighted by Crippen LogP contribution is 2.23. The number of carbonyl (C=O) groups excluding carboxylic acids is 1. The fourth-order valence-electron chi connectivity index (χ4n) is 2.19. The Morgan fingerprint density at radius 3 is 2.56 bits per heavy atom. The van der Waals surface area contributed by atoms with Gasteiger partial charge in [-0.05, 0) is 24.3 Å². The third kappa shape index (κ3) is 3.85. The van der Waals surface area contributed by atoms with Crippen LogP contribution in [0.25, 0.3) is 0 Å². The maximum atomic E-state index is 13.7. The number of amides is 1. The average molecular weight is 369 g/mol. The highest BCUT2D eigenvalue weighted by atomic mass is 19.2. The second-order valence-electron chi connectivity index (χ2n) is 5.25. The highest BCUT2D eigenvalue weighted by Gasteiger charge is 2.15. The van der Waals surface area contributed by atoms with E-state index in [1.54, 1.807) is 18.2 Å². The monoisotopic (exact) mass is 369 g/mol. The minimum Gasteiger partial charge on any atom is -0.338 e. The largest absolute Gasteiger partial charge is 0.338 e. The van der Waals surface area contributed by atoms with Crippen LogP contribution in [0.15, 0.2) is 48.8 Å². The summed E-state index contributed by atoms with van der Waals surface area (Å²) >= 11 is 0. The first kappa shape index (κ1) is 17.9. The number of nitrogens with zero attached hydrogens (tertiary/aromatic N) is 3. The van der Waals surface area contributed by atoms with E-state index in [0.717, 1.165) is 18.5 Å². The van der Waals surface area contributed by atoms with Crippen LogP contribution in [0, 0.1) is 28.8 Å². The third-order valence-corrected chi connectivity index (χ3v) is 3.49. The third-order valence-electron chi connectivity index (χ3n) is 3.49. The Bertz CT molecular complexity index is 1070. The molecule has 0 unspecified atom stereocenters. The van der Waals surface area contributed by atoms with Gasteiger partial charge in [0.25, 0.3) is 5.91 Å². The van der Waals surface area contributed by atoms with E-state index in [0.29, 0.717) is 5.69 Å². The molecule has 2 aromatic carbocycles. The maximum absolute atomic E-state index is 13.7. The van der Waals surface area contributed by atoms with Gasteiger partial charge in [-0.15, -0.1) is 0 Å². The Morgan fingerprint density at radius 2 is 1.78 bits per heavy atom. The van der Waals surface area contributed by atoms with Crippen molar-refractivity contribution in [1.82, 2.24) is 9.97 Å². The molecule has 0 fully saturated rings. The summed E-state index contributed by atoms with van der Waals surface area (Å²) in [5, 5.41) is 14.0. The van der Waals surface area contributed by atoms with Gasteiger partial charge >= 0.3 is 0 Å². The quantitative estimate of drug-likeness (QED) is 0.684. The number of para-hydroxylation sites is 1. The Labute approximate surface area is 151 Å². The van der Waals surface area contributed by atoms with Crippen molar-refractivity contribution in [3.05, 3.63) is 77.5 Å². The molecule has 3 aromatic rings. The molecule has 0 radical (unpaired) electrons.